The van der Waals surface area contributed by atoms with E-state index in [0.717, 1.165) is 40.1 Å². The first kappa shape index (κ1) is 12.5. The van der Waals surface area contributed by atoms with Gasteiger partial charge in [-0.2, -0.15) is 0 Å². The smallest absolute Gasteiger partial charge is 0.156 e. The van der Waals surface area contributed by atoms with Gasteiger partial charge < -0.3 is 5.32 Å². The Hall–Kier alpha value is -2.49. The first-order valence-electron chi connectivity index (χ1n) is 6.72. The van der Waals surface area contributed by atoms with E-state index in [1.807, 2.05) is 31.2 Å². The summed E-state index contributed by atoms with van der Waals surface area (Å²) in [7, 11) is 0. The number of hydrogen-bond acceptors (Lipinski definition) is 4. The lowest BCUT2D eigenvalue weighted by Gasteiger charge is -2.10. The molecule has 0 aliphatic rings. The molecule has 0 amide bonds. The van der Waals surface area contributed by atoms with Crippen molar-refractivity contribution in [3.05, 3.63) is 48.3 Å². The number of nitrogens with one attached hydrogen (secondary N) is 1. The van der Waals surface area contributed by atoms with Crippen molar-refractivity contribution in [2.75, 3.05) is 11.9 Å². The van der Waals surface area contributed by atoms with Crippen LogP contribution in [0, 0.1) is 6.92 Å². The molecule has 1 aromatic carbocycles. The molecular weight excluding hydrogens is 248 g/mol. The predicted octanol–water partition coefficient (Wildman–Crippen LogP) is 3.43. The minimum absolute atomic E-state index is 0.826. The fraction of sp³-hybridized carbons (Fsp3) is 0.188. The van der Waals surface area contributed by atoms with E-state index < -0.39 is 0 Å². The Bertz CT molecular complexity index is 752. The number of pyridine rings is 1. The molecule has 0 spiro atoms. The van der Waals surface area contributed by atoms with Crippen LogP contribution in [0.3, 0.4) is 0 Å². The van der Waals surface area contributed by atoms with E-state index in [1.165, 1.54) is 0 Å². The summed E-state index contributed by atoms with van der Waals surface area (Å²) in [6.07, 6.45) is 1.80. The van der Waals surface area contributed by atoms with Crippen LogP contribution in [0.25, 0.3) is 22.0 Å². The molecule has 0 atom stereocenters. The molecule has 100 valence electrons. The van der Waals surface area contributed by atoms with Gasteiger partial charge in [0.2, 0.25) is 0 Å². The number of fused-ring (bicyclic) bond motifs is 1. The molecule has 20 heavy (non-hydrogen) atoms. The minimum atomic E-state index is 0.826. The maximum Gasteiger partial charge on any atom is 0.156 e. The highest BCUT2D eigenvalue weighted by Gasteiger charge is 2.10. The molecule has 4 heteroatoms. The van der Waals surface area contributed by atoms with Gasteiger partial charge in [0.15, 0.2) is 5.82 Å². The van der Waals surface area contributed by atoms with Gasteiger partial charge >= 0.3 is 0 Å². The third-order valence-corrected chi connectivity index (χ3v) is 3.20. The summed E-state index contributed by atoms with van der Waals surface area (Å²) in [4.78, 5) is 4.23. The zero-order chi connectivity index (χ0) is 13.9. The first-order chi connectivity index (χ1) is 9.79. The number of aromatic nitrogens is 3. The standard InChI is InChI=1S/C16H16N4/c1-3-17-16-14-7-5-4-6-13(14)15(19-20-16)12-8-9-18-11(2)10-12/h4-10H,3H2,1-2H3,(H,17,20). The molecule has 2 heterocycles. The fourth-order valence-corrected chi connectivity index (χ4v) is 2.31. The lowest BCUT2D eigenvalue weighted by atomic mass is 10.0. The van der Waals surface area contributed by atoms with Gasteiger partial charge in [-0.3, -0.25) is 4.98 Å². The van der Waals surface area contributed by atoms with Crippen molar-refractivity contribution in [1.29, 1.82) is 0 Å². The maximum absolute atomic E-state index is 4.40. The van der Waals surface area contributed by atoms with Gasteiger partial charge in [-0.05, 0) is 26.0 Å². The van der Waals surface area contributed by atoms with E-state index in [-0.39, 0.29) is 0 Å². The van der Waals surface area contributed by atoms with Crippen molar-refractivity contribution in [3.63, 3.8) is 0 Å². The largest absolute Gasteiger partial charge is 0.368 e. The number of benzene rings is 1. The van der Waals surface area contributed by atoms with Crippen LogP contribution in [-0.4, -0.2) is 21.7 Å². The SMILES string of the molecule is CCNc1nnc(-c2ccnc(C)c2)c2ccccc12. The summed E-state index contributed by atoms with van der Waals surface area (Å²) in [6, 6.07) is 12.2. The van der Waals surface area contributed by atoms with E-state index in [4.69, 9.17) is 0 Å². The zero-order valence-corrected chi connectivity index (χ0v) is 11.6. The quantitative estimate of drug-likeness (QED) is 0.787. The number of nitrogens with zero attached hydrogens (tertiary/aromatic N) is 3. The molecule has 0 fully saturated rings. The second-order valence-electron chi connectivity index (χ2n) is 4.66. The van der Waals surface area contributed by atoms with E-state index >= 15 is 0 Å². The molecule has 2 aromatic heterocycles. The molecule has 3 rings (SSSR count). The summed E-state index contributed by atoms with van der Waals surface area (Å²) in [5.41, 5.74) is 2.92. The van der Waals surface area contributed by atoms with Crippen molar-refractivity contribution >= 4 is 16.6 Å². The number of aryl methyl sites for hydroxylation is 1. The van der Waals surface area contributed by atoms with E-state index in [1.54, 1.807) is 6.20 Å². The molecule has 1 N–H and O–H groups in total. The van der Waals surface area contributed by atoms with Gasteiger partial charge in [-0.15, -0.1) is 10.2 Å². The van der Waals surface area contributed by atoms with Gasteiger partial charge in [0.1, 0.15) is 5.69 Å². The van der Waals surface area contributed by atoms with Crippen molar-refractivity contribution in [3.8, 4) is 11.3 Å². The van der Waals surface area contributed by atoms with Crippen LogP contribution < -0.4 is 5.32 Å². The molecule has 0 radical (unpaired) electrons. The average molecular weight is 264 g/mol. The molecule has 0 bridgehead atoms. The van der Waals surface area contributed by atoms with Gasteiger partial charge in [0, 0.05) is 34.8 Å². The fourth-order valence-electron chi connectivity index (χ4n) is 2.31. The Morgan fingerprint density at radius 1 is 1.05 bits per heavy atom. The first-order valence-corrected chi connectivity index (χ1v) is 6.72. The monoisotopic (exact) mass is 264 g/mol. The minimum Gasteiger partial charge on any atom is -0.368 e. The second kappa shape index (κ2) is 5.25. The molecule has 0 saturated carbocycles. The Labute approximate surface area is 117 Å². The van der Waals surface area contributed by atoms with Crippen LogP contribution in [0.2, 0.25) is 0 Å². The molecule has 0 saturated heterocycles. The molecule has 0 aliphatic heterocycles. The normalized spacial score (nSPS) is 10.7. The topological polar surface area (TPSA) is 50.7 Å². The van der Waals surface area contributed by atoms with Gasteiger partial charge in [-0.1, -0.05) is 24.3 Å². The summed E-state index contributed by atoms with van der Waals surface area (Å²) < 4.78 is 0. The molecule has 0 aliphatic carbocycles. The molecule has 0 unspecified atom stereocenters. The van der Waals surface area contributed by atoms with Gasteiger partial charge in [0.25, 0.3) is 0 Å². The van der Waals surface area contributed by atoms with Crippen LogP contribution in [0.5, 0.6) is 0 Å². The van der Waals surface area contributed by atoms with Crippen molar-refractivity contribution in [1.82, 2.24) is 15.2 Å². The maximum atomic E-state index is 4.40. The van der Waals surface area contributed by atoms with Crippen molar-refractivity contribution < 1.29 is 0 Å². The van der Waals surface area contributed by atoms with Crippen LogP contribution in [0.1, 0.15) is 12.6 Å². The summed E-state index contributed by atoms with van der Waals surface area (Å²) in [5.74, 6) is 0.831. The summed E-state index contributed by atoms with van der Waals surface area (Å²) in [5, 5.41) is 14.2. The highest BCUT2D eigenvalue weighted by Crippen LogP contribution is 2.29. The summed E-state index contributed by atoms with van der Waals surface area (Å²) in [6.45, 7) is 4.86. The Balaban J connectivity index is 2.25. The van der Waals surface area contributed by atoms with E-state index in [0.29, 0.717) is 0 Å². The predicted molar refractivity (Wildman–Crippen MR) is 81.7 cm³/mol. The summed E-state index contributed by atoms with van der Waals surface area (Å²) >= 11 is 0. The lowest BCUT2D eigenvalue weighted by molar-refractivity contribution is 1.03. The van der Waals surface area contributed by atoms with Gasteiger partial charge in [-0.25, -0.2) is 0 Å². The van der Waals surface area contributed by atoms with E-state index in [9.17, 15) is 0 Å². The molecular formula is C16H16N4. The third kappa shape index (κ3) is 2.20. The second-order valence-corrected chi connectivity index (χ2v) is 4.66. The van der Waals surface area contributed by atoms with Crippen molar-refractivity contribution in [2.45, 2.75) is 13.8 Å². The van der Waals surface area contributed by atoms with Crippen LogP contribution in [-0.2, 0) is 0 Å². The van der Waals surface area contributed by atoms with Crippen LogP contribution in [0.15, 0.2) is 42.6 Å². The Kier molecular flexibility index (Phi) is 3.29. The Morgan fingerprint density at radius 2 is 1.85 bits per heavy atom. The number of hydrogen-bond donors (Lipinski definition) is 1. The average Bonchev–Trinajstić information content (AvgIpc) is 2.48. The Morgan fingerprint density at radius 3 is 2.60 bits per heavy atom. The number of anilines is 1. The highest BCUT2D eigenvalue weighted by atomic mass is 15.2. The van der Waals surface area contributed by atoms with Crippen LogP contribution in [0.4, 0.5) is 5.82 Å². The molecule has 4 nitrogen and oxygen atoms in total. The van der Waals surface area contributed by atoms with Crippen LogP contribution >= 0.6 is 0 Å². The van der Waals surface area contributed by atoms with E-state index in [2.05, 4.69) is 39.6 Å². The highest BCUT2D eigenvalue weighted by molar-refractivity contribution is 5.99. The lowest BCUT2D eigenvalue weighted by Crippen LogP contribution is -2.02. The third-order valence-electron chi connectivity index (χ3n) is 3.20. The van der Waals surface area contributed by atoms with Gasteiger partial charge in [0.05, 0.1) is 0 Å². The molecule has 3 aromatic rings. The number of rotatable bonds is 3. The van der Waals surface area contributed by atoms with Crippen molar-refractivity contribution in [2.24, 2.45) is 0 Å². The zero-order valence-electron chi connectivity index (χ0n) is 11.6.